The highest BCUT2D eigenvalue weighted by Crippen LogP contribution is 2.29. The Labute approximate surface area is 153 Å². The van der Waals surface area contributed by atoms with Crippen molar-refractivity contribution in [2.45, 2.75) is 57.8 Å². The van der Waals surface area contributed by atoms with Crippen LogP contribution in [-0.2, 0) is 23.9 Å². The van der Waals surface area contributed by atoms with Gasteiger partial charge in [-0.15, -0.1) is 0 Å². The predicted octanol–water partition coefficient (Wildman–Crippen LogP) is 2.06. The second-order valence-corrected chi connectivity index (χ2v) is 7.10. The number of methoxy groups -OCH3 is 1. The summed E-state index contributed by atoms with van der Waals surface area (Å²) in [4.78, 5) is 36.8. The van der Waals surface area contributed by atoms with E-state index in [0.29, 0.717) is 12.0 Å². The van der Waals surface area contributed by atoms with Crippen LogP contribution in [0.1, 0.15) is 39.5 Å². The maximum absolute atomic E-state index is 12.4. The van der Waals surface area contributed by atoms with Gasteiger partial charge in [-0.1, -0.05) is 23.8 Å². The maximum atomic E-state index is 12.4. The molecule has 1 heterocycles. The van der Waals surface area contributed by atoms with Gasteiger partial charge in [-0.3, -0.25) is 9.59 Å². The molecule has 2 aliphatic rings. The largest absolute Gasteiger partial charge is 0.455 e. The number of allylic oxidation sites excluding steroid dienone is 2. The summed E-state index contributed by atoms with van der Waals surface area (Å²) in [6, 6.07) is 0. The van der Waals surface area contributed by atoms with E-state index in [1.165, 1.54) is 13.2 Å². The van der Waals surface area contributed by atoms with E-state index in [-0.39, 0.29) is 42.3 Å². The lowest BCUT2D eigenvalue weighted by atomic mass is 9.88. The van der Waals surface area contributed by atoms with E-state index >= 15 is 0 Å². The molecule has 0 aromatic heterocycles. The molecule has 1 fully saturated rings. The molecular weight excluding hydrogens is 336 g/mol. The van der Waals surface area contributed by atoms with Crippen molar-refractivity contribution in [1.29, 1.82) is 0 Å². The van der Waals surface area contributed by atoms with Crippen molar-refractivity contribution in [3.63, 3.8) is 0 Å². The fourth-order valence-electron chi connectivity index (χ4n) is 3.25. The summed E-state index contributed by atoms with van der Waals surface area (Å²) in [6.07, 6.45) is 1.27. The summed E-state index contributed by atoms with van der Waals surface area (Å²) in [5, 5.41) is 10.4. The number of fused-ring (bicyclic) bond motifs is 2. The quantitative estimate of drug-likeness (QED) is 0.597. The van der Waals surface area contributed by atoms with Crippen LogP contribution in [0.4, 0.5) is 0 Å². The second kappa shape index (κ2) is 8.56. The molecule has 0 aromatic rings. The molecule has 1 N–H and O–H groups in total. The van der Waals surface area contributed by atoms with Gasteiger partial charge < -0.3 is 14.6 Å². The normalized spacial score (nSPS) is 35.0. The SMILES string of the molecule is C=C(C)[C@H]1C/C=C2/C(=O)O[C@H](C/C(C)=C/C(=O)[C@@H](OC)CC(=O)C1)[C@H]2O. The second-order valence-electron chi connectivity index (χ2n) is 7.10. The zero-order valence-corrected chi connectivity index (χ0v) is 15.5. The molecule has 6 heteroatoms. The van der Waals surface area contributed by atoms with E-state index in [9.17, 15) is 19.5 Å². The monoisotopic (exact) mass is 362 g/mol. The third-order valence-electron chi connectivity index (χ3n) is 4.88. The molecule has 1 aliphatic carbocycles. The first-order chi connectivity index (χ1) is 12.2. The summed E-state index contributed by atoms with van der Waals surface area (Å²) in [7, 11) is 1.40. The van der Waals surface area contributed by atoms with E-state index in [4.69, 9.17) is 9.47 Å². The first kappa shape index (κ1) is 20.3. The Morgan fingerprint density at radius 3 is 2.58 bits per heavy atom. The van der Waals surface area contributed by atoms with E-state index in [2.05, 4.69) is 6.58 Å². The lowest BCUT2D eigenvalue weighted by Gasteiger charge is -2.18. The minimum absolute atomic E-state index is 0.000941. The van der Waals surface area contributed by atoms with Crippen LogP contribution in [-0.4, -0.2) is 48.1 Å². The van der Waals surface area contributed by atoms with Gasteiger partial charge in [0.15, 0.2) is 5.78 Å². The van der Waals surface area contributed by atoms with E-state index < -0.39 is 24.3 Å². The molecule has 1 aliphatic heterocycles. The number of aliphatic hydroxyl groups is 1. The number of ketones is 2. The minimum Gasteiger partial charge on any atom is -0.455 e. The average Bonchev–Trinajstić information content (AvgIpc) is 2.81. The Morgan fingerprint density at radius 2 is 1.96 bits per heavy atom. The number of carbonyl (C=O) groups is 3. The zero-order chi connectivity index (χ0) is 19.4. The summed E-state index contributed by atoms with van der Waals surface area (Å²) in [5.41, 5.74) is 1.66. The standard InChI is InChI=1S/C20H26O6/c1-11(2)13-5-6-15-19(23)18(26-20(15)24)8-12(3)7-16(22)17(25-4)10-14(21)9-13/h6-7,13,17-19,23H,1,5,8-10H2,2-4H3/b12-7+,15-6+/t13-,17-,18+,19-/m0/s1. The summed E-state index contributed by atoms with van der Waals surface area (Å²) in [5.74, 6) is -1.15. The first-order valence-electron chi connectivity index (χ1n) is 8.73. The smallest absolute Gasteiger partial charge is 0.336 e. The van der Waals surface area contributed by atoms with Crippen molar-refractivity contribution < 1.29 is 29.0 Å². The van der Waals surface area contributed by atoms with E-state index in [1.54, 1.807) is 13.0 Å². The molecule has 26 heavy (non-hydrogen) atoms. The summed E-state index contributed by atoms with van der Waals surface area (Å²) in [6.45, 7) is 7.45. The van der Waals surface area contributed by atoms with Crippen molar-refractivity contribution in [1.82, 2.24) is 0 Å². The lowest BCUT2D eigenvalue weighted by Crippen LogP contribution is -2.27. The van der Waals surface area contributed by atoms with Crippen LogP contribution in [0.2, 0.25) is 0 Å². The Balaban J connectivity index is 2.37. The lowest BCUT2D eigenvalue weighted by molar-refractivity contribution is -0.139. The molecule has 4 atom stereocenters. The maximum Gasteiger partial charge on any atom is 0.336 e. The van der Waals surface area contributed by atoms with Crippen molar-refractivity contribution in [2.75, 3.05) is 7.11 Å². The van der Waals surface area contributed by atoms with Crippen molar-refractivity contribution in [2.24, 2.45) is 5.92 Å². The summed E-state index contributed by atoms with van der Waals surface area (Å²) >= 11 is 0. The van der Waals surface area contributed by atoms with Gasteiger partial charge in [0.25, 0.3) is 0 Å². The van der Waals surface area contributed by atoms with Gasteiger partial charge in [-0.25, -0.2) is 4.79 Å². The first-order valence-corrected chi connectivity index (χ1v) is 8.73. The number of hydrogen-bond donors (Lipinski definition) is 1. The molecule has 2 bridgehead atoms. The van der Waals surface area contributed by atoms with Crippen LogP contribution in [0.15, 0.2) is 35.5 Å². The van der Waals surface area contributed by atoms with Crippen LogP contribution < -0.4 is 0 Å². The van der Waals surface area contributed by atoms with Gasteiger partial charge in [0.05, 0.1) is 5.57 Å². The molecule has 0 unspecified atom stereocenters. The molecular formula is C20H26O6. The van der Waals surface area contributed by atoms with Crippen molar-refractivity contribution in [3.8, 4) is 0 Å². The highest BCUT2D eigenvalue weighted by Gasteiger charge is 2.38. The number of esters is 1. The van der Waals surface area contributed by atoms with Crippen LogP contribution >= 0.6 is 0 Å². The minimum atomic E-state index is -1.05. The fourth-order valence-corrected chi connectivity index (χ4v) is 3.25. The molecule has 1 saturated heterocycles. The number of aliphatic hydroxyl groups excluding tert-OH is 1. The van der Waals surface area contributed by atoms with E-state index in [0.717, 1.165) is 5.57 Å². The molecule has 2 rings (SSSR count). The molecule has 142 valence electrons. The van der Waals surface area contributed by atoms with Gasteiger partial charge in [-0.05, 0) is 32.3 Å². The van der Waals surface area contributed by atoms with Gasteiger partial charge >= 0.3 is 5.97 Å². The number of carbonyl (C=O) groups excluding carboxylic acids is 3. The molecule has 6 nitrogen and oxygen atoms in total. The molecule has 0 radical (unpaired) electrons. The van der Waals surface area contributed by atoms with Crippen LogP contribution in [0.5, 0.6) is 0 Å². The highest BCUT2D eigenvalue weighted by molar-refractivity contribution is 5.97. The van der Waals surface area contributed by atoms with Gasteiger partial charge in [0, 0.05) is 26.4 Å². The van der Waals surface area contributed by atoms with Gasteiger partial charge in [0.2, 0.25) is 0 Å². The predicted molar refractivity (Wildman–Crippen MR) is 95.3 cm³/mol. The highest BCUT2D eigenvalue weighted by atomic mass is 16.6. The summed E-state index contributed by atoms with van der Waals surface area (Å²) < 4.78 is 10.5. The molecule has 0 spiro atoms. The van der Waals surface area contributed by atoms with Crippen molar-refractivity contribution in [3.05, 3.63) is 35.5 Å². The van der Waals surface area contributed by atoms with Gasteiger partial charge in [-0.2, -0.15) is 0 Å². The molecule has 0 aromatic carbocycles. The number of hydrogen-bond acceptors (Lipinski definition) is 6. The number of rotatable bonds is 2. The third-order valence-corrected chi connectivity index (χ3v) is 4.88. The molecule has 0 amide bonds. The topological polar surface area (TPSA) is 89.9 Å². The molecule has 0 saturated carbocycles. The van der Waals surface area contributed by atoms with Crippen LogP contribution in [0, 0.1) is 5.92 Å². The average molecular weight is 362 g/mol. The van der Waals surface area contributed by atoms with Gasteiger partial charge in [0.1, 0.15) is 24.1 Å². The van der Waals surface area contributed by atoms with E-state index in [1.807, 2.05) is 6.92 Å². The van der Waals surface area contributed by atoms with Crippen LogP contribution in [0.3, 0.4) is 0 Å². The van der Waals surface area contributed by atoms with Crippen LogP contribution in [0.25, 0.3) is 0 Å². The fraction of sp³-hybridized carbons (Fsp3) is 0.550. The Hall–Kier alpha value is -2.05. The zero-order valence-electron chi connectivity index (χ0n) is 15.5. The Bertz CT molecular complexity index is 672. The van der Waals surface area contributed by atoms with Crippen molar-refractivity contribution >= 4 is 17.5 Å². The Morgan fingerprint density at radius 1 is 1.27 bits per heavy atom. The Kier molecular flexibility index (Phi) is 6.67. The third kappa shape index (κ3) is 4.77. The number of ether oxygens (including phenoxy) is 2. The number of Topliss-reactive ketones (excluding diaryl/α,β-unsaturated/α-hetero) is 1.